The van der Waals surface area contributed by atoms with Gasteiger partial charge in [0, 0.05) is 29.3 Å². The Morgan fingerprint density at radius 1 is 1.21 bits per heavy atom. The Balaban J connectivity index is 1.84. The van der Waals surface area contributed by atoms with Gasteiger partial charge < -0.3 is 10.4 Å². The molecule has 100 valence electrons. The second-order valence-electron chi connectivity index (χ2n) is 5.13. The first kappa shape index (κ1) is 12.2. The fourth-order valence-corrected chi connectivity index (χ4v) is 2.75. The van der Waals surface area contributed by atoms with Crippen molar-refractivity contribution in [2.24, 2.45) is 0 Å². The molecule has 0 spiro atoms. The summed E-state index contributed by atoms with van der Waals surface area (Å²) in [5.74, 6) is 0.307. The van der Waals surface area contributed by atoms with Gasteiger partial charge in [-0.2, -0.15) is 5.10 Å². The maximum Gasteiger partial charge on any atom is 0.123 e. The van der Waals surface area contributed by atoms with Crippen molar-refractivity contribution in [3.63, 3.8) is 0 Å². The Bertz CT molecular complexity index is 544. The molecule has 1 aromatic carbocycles. The molecule has 3 N–H and O–H groups in total. The molecule has 4 heteroatoms. The Morgan fingerprint density at radius 3 is 2.89 bits per heavy atom. The van der Waals surface area contributed by atoms with Crippen molar-refractivity contribution in [1.29, 1.82) is 0 Å². The lowest BCUT2D eigenvalue weighted by Gasteiger charge is -2.23. The zero-order chi connectivity index (χ0) is 13.1. The lowest BCUT2D eigenvalue weighted by molar-refractivity contribution is 0.397. The average Bonchev–Trinajstić information content (AvgIpc) is 2.88. The van der Waals surface area contributed by atoms with E-state index in [0.717, 1.165) is 29.8 Å². The van der Waals surface area contributed by atoms with E-state index in [1.807, 2.05) is 18.2 Å². The Morgan fingerprint density at radius 2 is 2.11 bits per heavy atom. The maximum atomic E-state index is 9.96. The number of benzene rings is 1. The highest BCUT2D eigenvalue weighted by atomic mass is 16.3. The molecule has 0 amide bonds. The number of hydrogen-bond donors (Lipinski definition) is 3. The first-order valence-electron chi connectivity index (χ1n) is 6.88. The van der Waals surface area contributed by atoms with Gasteiger partial charge in [-0.15, -0.1) is 0 Å². The molecule has 4 nitrogen and oxygen atoms in total. The van der Waals surface area contributed by atoms with Crippen LogP contribution in [0.15, 0.2) is 30.5 Å². The number of aromatic amines is 1. The smallest absolute Gasteiger partial charge is 0.123 e. The molecule has 0 aliphatic carbocycles. The molecule has 1 fully saturated rings. The highest BCUT2D eigenvalue weighted by Gasteiger charge is 2.17. The fourth-order valence-electron chi connectivity index (χ4n) is 2.75. The largest absolute Gasteiger partial charge is 0.507 e. The molecule has 1 aliphatic rings. The van der Waals surface area contributed by atoms with E-state index in [4.69, 9.17) is 0 Å². The number of nitrogens with zero attached hydrogens (tertiary/aromatic N) is 1. The van der Waals surface area contributed by atoms with Crippen LogP contribution in [0.5, 0.6) is 5.75 Å². The second kappa shape index (κ2) is 5.45. The van der Waals surface area contributed by atoms with Gasteiger partial charge in [0.2, 0.25) is 0 Å². The topological polar surface area (TPSA) is 60.9 Å². The number of piperidine rings is 1. The predicted octanol–water partition coefficient (Wildman–Crippen LogP) is 2.47. The van der Waals surface area contributed by atoms with Crippen LogP contribution < -0.4 is 5.32 Å². The molecule has 1 saturated heterocycles. The van der Waals surface area contributed by atoms with E-state index in [1.165, 1.54) is 19.3 Å². The predicted molar refractivity (Wildman–Crippen MR) is 75.0 cm³/mol. The average molecular weight is 257 g/mol. The van der Waals surface area contributed by atoms with Gasteiger partial charge in [0.15, 0.2) is 0 Å². The van der Waals surface area contributed by atoms with Crippen molar-refractivity contribution in [2.45, 2.75) is 31.7 Å². The van der Waals surface area contributed by atoms with Gasteiger partial charge in [0.05, 0.1) is 6.20 Å². The van der Waals surface area contributed by atoms with Crippen LogP contribution in [0.1, 0.15) is 25.0 Å². The molecule has 3 rings (SSSR count). The number of phenols is 1. The SMILES string of the molecule is Oc1ccccc1-c1cn[nH]c1CC1CCCCN1. The minimum absolute atomic E-state index is 0.307. The number of nitrogens with one attached hydrogen (secondary N) is 2. The summed E-state index contributed by atoms with van der Waals surface area (Å²) >= 11 is 0. The Hall–Kier alpha value is -1.81. The molecule has 1 aromatic heterocycles. The zero-order valence-corrected chi connectivity index (χ0v) is 10.9. The fraction of sp³-hybridized carbons (Fsp3) is 0.400. The van der Waals surface area contributed by atoms with Gasteiger partial charge in [-0.3, -0.25) is 5.10 Å². The minimum Gasteiger partial charge on any atom is -0.507 e. The molecule has 1 unspecified atom stereocenters. The number of aromatic hydroxyl groups is 1. The third-order valence-corrected chi connectivity index (χ3v) is 3.78. The van der Waals surface area contributed by atoms with Crippen molar-refractivity contribution in [3.8, 4) is 16.9 Å². The molecule has 0 radical (unpaired) electrons. The number of H-pyrrole nitrogens is 1. The molecule has 0 saturated carbocycles. The van der Waals surface area contributed by atoms with Gasteiger partial charge in [0.1, 0.15) is 5.75 Å². The second-order valence-corrected chi connectivity index (χ2v) is 5.13. The van der Waals surface area contributed by atoms with Gasteiger partial charge in [-0.25, -0.2) is 0 Å². The van der Waals surface area contributed by atoms with E-state index in [2.05, 4.69) is 15.5 Å². The maximum absolute atomic E-state index is 9.96. The minimum atomic E-state index is 0.307. The first-order valence-corrected chi connectivity index (χ1v) is 6.88. The van der Waals surface area contributed by atoms with Crippen LogP contribution in [0.2, 0.25) is 0 Å². The molecule has 2 heterocycles. The molecular weight excluding hydrogens is 238 g/mol. The molecule has 19 heavy (non-hydrogen) atoms. The summed E-state index contributed by atoms with van der Waals surface area (Å²) in [6, 6.07) is 7.92. The lowest BCUT2D eigenvalue weighted by Crippen LogP contribution is -2.35. The van der Waals surface area contributed by atoms with Gasteiger partial charge in [0.25, 0.3) is 0 Å². The molecule has 1 atom stereocenters. The summed E-state index contributed by atoms with van der Waals surface area (Å²) in [6.45, 7) is 1.10. The van der Waals surface area contributed by atoms with Crippen LogP contribution in [0.4, 0.5) is 0 Å². The molecule has 0 bridgehead atoms. The standard InChI is InChI=1S/C15H19N3O/c19-15-7-2-1-6-12(15)13-10-17-18-14(13)9-11-5-3-4-8-16-11/h1-2,6-7,10-11,16,19H,3-5,8-9H2,(H,17,18). The van der Waals surface area contributed by atoms with Gasteiger partial charge in [-0.1, -0.05) is 24.6 Å². The van der Waals surface area contributed by atoms with Crippen LogP contribution >= 0.6 is 0 Å². The van der Waals surface area contributed by atoms with E-state index < -0.39 is 0 Å². The highest BCUT2D eigenvalue weighted by Crippen LogP contribution is 2.31. The van der Waals surface area contributed by atoms with Crippen LogP contribution in [-0.4, -0.2) is 27.9 Å². The van der Waals surface area contributed by atoms with Crippen molar-refractivity contribution in [3.05, 3.63) is 36.2 Å². The van der Waals surface area contributed by atoms with E-state index in [9.17, 15) is 5.11 Å². The van der Waals surface area contributed by atoms with Gasteiger partial charge >= 0.3 is 0 Å². The summed E-state index contributed by atoms with van der Waals surface area (Å²) < 4.78 is 0. The molecule has 2 aromatic rings. The number of hydrogen-bond acceptors (Lipinski definition) is 3. The summed E-state index contributed by atoms with van der Waals surface area (Å²) in [5.41, 5.74) is 2.95. The van der Waals surface area contributed by atoms with E-state index in [0.29, 0.717) is 11.8 Å². The van der Waals surface area contributed by atoms with Crippen LogP contribution in [0, 0.1) is 0 Å². The third kappa shape index (κ3) is 2.63. The van der Waals surface area contributed by atoms with Crippen LogP contribution in [-0.2, 0) is 6.42 Å². The van der Waals surface area contributed by atoms with Crippen LogP contribution in [0.3, 0.4) is 0 Å². The zero-order valence-electron chi connectivity index (χ0n) is 10.9. The van der Waals surface area contributed by atoms with Crippen LogP contribution in [0.25, 0.3) is 11.1 Å². The van der Waals surface area contributed by atoms with Crippen molar-refractivity contribution >= 4 is 0 Å². The van der Waals surface area contributed by atoms with E-state index in [1.54, 1.807) is 12.3 Å². The third-order valence-electron chi connectivity index (χ3n) is 3.78. The van der Waals surface area contributed by atoms with Crippen molar-refractivity contribution in [2.75, 3.05) is 6.54 Å². The Kier molecular flexibility index (Phi) is 3.51. The molecular formula is C15H19N3O. The van der Waals surface area contributed by atoms with E-state index in [-0.39, 0.29) is 0 Å². The number of aromatic nitrogens is 2. The van der Waals surface area contributed by atoms with Crippen molar-refractivity contribution < 1.29 is 5.11 Å². The molecule has 1 aliphatic heterocycles. The summed E-state index contributed by atoms with van der Waals surface area (Å²) in [5, 5.41) is 20.7. The summed E-state index contributed by atoms with van der Waals surface area (Å²) in [7, 11) is 0. The van der Waals surface area contributed by atoms with E-state index >= 15 is 0 Å². The number of rotatable bonds is 3. The number of para-hydroxylation sites is 1. The van der Waals surface area contributed by atoms with Gasteiger partial charge in [-0.05, 0) is 25.5 Å². The highest BCUT2D eigenvalue weighted by molar-refractivity contribution is 5.71. The Labute approximate surface area is 112 Å². The summed E-state index contributed by atoms with van der Waals surface area (Å²) in [4.78, 5) is 0. The van der Waals surface area contributed by atoms with Crippen molar-refractivity contribution in [1.82, 2.24) is 15.5 Å². The monoisotopic (exact) mass is 257 g/mol. The first-order chi connectivity index (χ1) is 9.34. The normalized spacial score (nSPS) is 19.5. The lowest BCUT2D eigenvalue weighted by atomic mass is 9.97. The summed E-state index contributed by atoms with van der Waals surface area (Å²) in [6.07, 6.45) is 6.50. The number of phenolic OH excluding ortho intramolecular Hbond substituents is 1. The quantitative estimate of drug-likeness (QED) is 0.791.